The van der Waals surface area contributed by atoms with Gasteiger partial charge in [-0.15, -0.1) is 11.3 Å². The third-order valence-electron chi connectivity index (χ3n) is 6.96. The number of aromatic nitrogens is 1. The molecule has 0 aliphatic heterocycles. The first-order chi connectivity index (χ1) is 16.6. The first-order valence-electron chi connectivity index (χ1n) is 12.0. The Morgan fingerprint density at radius 2 is 2.03 bits per heavy atom. The fourth-order valence-corrected chi connectivity index (χ4v) is 6.16. The van der Waals surface area contributed by atoms with E-state index < -0.39 is 18.5 Å². The number of nitrogens with one attached hydrogen (secondary N) is 1. The van der Waals surface area contributed by atoms with Gasteiger partial charge >= 0.3 is 5.97 Å². The summed E-state index contributed by atoms with van der Waals surface area (Å²) in [5.74, 6) is -0.464. The van der Waals surface area contributed by atoms with Crippen LogP contribution < -0.4 is 5.32 Å². The normalized spacial score (nSPS) is 15.4. The molecular weight excluding hydrogens is 458 g/mol. The molecule has 182 valence electrons. The maximum Gasteiger partial charge on any atom is 0.339 e. The molecule has 0 saturated heterocycles. The highest BCUT2D eigenvalue weighted by Crippen LogP contribution is 2.44. The second-order valence-electron chi connectivity index (χ2n) is 10.2. The van der Waals surface area contributed by atoms with Gasteiger partial charge in [-0.1, -0.05) is 45.9 Å². The number of thiophene rings is 1. The molecule has 2 heterocycles. The van der Waals surface area contributed by atoms with E-state index in [0.717, 1.165) is 41.6 Å². The molecule has 0 radical (unpaired) electrons. The van der Waals surface area contributed by atoms with Crippen LogP contribution in [-0.2, 0) is 28.8 Å². The summed E-state index contributed by atoms with van der Waals surface area (Å²) < 4.78 is 5.43. The van der Waals surface area contributed by atoms with E-state index in [4.69, 9.17) is 4.74 Å². The van der Waals surface area contributed by atoms with E-state index in [1.807, 2.05) is 38.1 Å². The third-order valence-corrected chi connectivity index (χ3v) is 8.13. The van der Waals surface area contributed by atoms with Crippen LogP contribution in [0, 0.1) is 29.6 Å². The maximum atomic E-state index is 13.0. The molecule has 3 aromatic rings. The minimum Gasteiger partial charge on any atom is -0.452 e. The zero-order chi connectivity index (χ0) is 25.3. The molecule has 0 bridgehead atoms. The van der Waals surface area contributed by atoms with Crippen LogP contribution in [0.1, 0.15) is 71.7 Å². The van der Waals surface area contributed by atoms with Crippen molar-refractivity contribution in [3.63, 3.8) is 0 Å². The Morgan fingerprint density at radius 1 is 1.29 bits per heavy atom. The van der Waals surface area contributed by atoms with Gasteiger partial charge in [-0.25, -0.2) is 4.79 Å². The van der Waals surface area contributed by atoms with Gasteiger partial charge in [0.1, 0.15) is 11.1 Å². The number of esters is 1. The van der Waals surface area contributed by atoms with Gasteiger partial charge in [0, 0.05) is 16.0 Å². The molecule has 1 aliphatic rings. The lowest BCUT2D eigenvalue weighted by atomic mass is 9.72. The lowest BCUT2D eigenvalue weighted by Crippen LogP contribution is -2.26. The molecule has 1 aromatic carbocycles. The number of benzene rings is 1. The number of aryl methyl sites for hydroxylation is 1. The predicted octanol–water partition coefficient (Wildman–Crippen LogP) is 5.99. The van der Waals surface area contributed by atoms with Crippen molar-refractivity contribution in [1.29, 1.82) is 5.26 Å². The van der Waals surface area contributed by atoms with Crippen molar-refractivity contribution in [3.8, 4) is 6.07 Å². The molecule has 2 aromatic heterocycles. The first kappa shape index (κ1) is 24.9. The van der Waals surface area contributed by atoms with Gasteiger partial charge in [0.15, 0.2) is 6.61 Å². The van der Waals surface area contributed by atoms with Gasteiger partial charge in [-0.2, -0.15) is 5.26 Å². The van der Waals surface area contributed by atoms with Crippen LogP contribution in [0.5, 0.6) is 0 Å². The van der Waals surface area contributed by atoms with Crippen LogP contribution in [0.25, 0.3) is 10.9 Å². The summed E-state index contributed by atoms with van der Waals surface area (Å²) in [7, 11) is 0. The lowest BCUT2D eigenvalue weighted by molar-refractivity contribution is -0.119. The van der Waals surface area contributed by atoms with Gasteiger partial charge in [0.05, 0.1) is 16.6 Å². The standard InChI is InChI=1S/C28H31N3O3S/c1-6-21-16(2)25(19-9-7-8-10-22(19)30-21)27(33)34-15-24(32)31-26-20(14-29)18-12-11-17(28(3,4)5)13-23(18)35-26/h7-10,17H,6,11-13,15H2,1-5H3,(H,31,32). The Kier molecular flexibility index (Phi) is 6.95. The van der Waals surface area contributed by atoms with Crippen molar-refractivity contribution in [2.45, 2.75) is 60.3 Å². The van der Waals surface area contributed by atoms with Crippen molar-refractivity contribution < 1.29 is 14.3 Å². The average Bonchev–Trinajstić information content (AvgIpc) is 3.17. The number of para-hydroxylation sites is 1. The summed E-state index contributed by atoms with van der Waals surface area (Å²) in [6, 6.07) is 9.71. The zero-order valence-electron chi connectivity index (χ0n) is 20.9. The van der Waals surface area contributed by atoms with E-state index in [9.17, 15) is 14.9 Å². The minimum atomic E-state index is -0.551. The number of carbonyl (C=O) groups excluding carboxylic acids is 2. The van der Waals surface area contributed by atoms with E-state index in [2.05, 4.69) is 37.1 Å². The molecule has 1 atom stereocenters. The molecular formula is C28H31N3O3S. The number of pyridine rings is 1. The second-order valence-corrected chi connectivity index (χ2v) is 11.3. The topological polar surface area (TPSA) is 92.1 Å². The summed E-state index contributed by atoms with van der Waals surface area (Å²) >= 11 is 1.47. The molecule has 4 rings (SSSR count). The number of amides is 1. The smallest absolute Gasteiger partial charge is 0.339 e. The number of nitrogens with zero attached hydrogens (tertiary/aromatic N) is 2. The summed E-state index contributed by atoms with van der Waals surface area (Å²) in [6.45, 7) is 10.2. The molecule has 1 amide bonds. The van der Waals surface area contributed by atoms with Gasteiger partial charge in [0.2, 0.25) is 0 Å². The van der Waals surface area contributed by atoms with Crippen molar-refractivity contribution >= 4 is 39.1 Å². The quantitative estimate of drug-likeness (QED) is 0.445. The highest BCUT2D eigenvalue weighted by Gasteiger charge is 2.32. The number of anilines is 1. The molecule has 6 nitrogen and oxygen atoms in total. The summed E-state index contributed by atoms with van der Waals surface area (Å²) in [4.78, 5) is 31.6. The largest absolute Gasteiger partial charge is 0.452 e. The van der Waals surface area contributed by atoms with Gasteiger partial charge in [-0.05, 0) is 61.1 Å². The maximum absolute atomic E-state index is 13.0. The minimum absolute atomic E-state index is 0.193. The number of carbonyl (C=O) groups is 2. The predicted molar refractivity (Wildman–Crippen MR) is 139 cm³/mol. The van der Waals surface area contributed by atoms with Crippen molar-refractivity contribution in [2.75, 3.05) is 11.9 Å². The van der Waals surface area contributed by atoms with E-state index in [1.165, 1.54) is 16.2 Å². The zero-order valence-corrected chi connectivity index (χ0v) is 21.8. The highest BCUT2D eigenvalue weighted by molar-refractivity contribution is 7.16. The van der Waals surface area contributed by atoms with Crippen LogP contribution in [-0.4, -0.2) is 23.5 Å². The number of nitriles is 1. The Hall–Kier alpha value is -3.24. The summed E-state index contributed by atoms with van der Waals surface area (Å²) in [5, 5.41) is 13.8. The van der Waals surface area contributed by atoms with Crippen LogP contribution in [0.4, 0.5) is 5.00 Å². The first-order valence-corrected chi connectivity index (χ1v) is 12.9. The number of hydrogen-bond donors (Lipinski definition) is 1. The molecule has 1 unspecified atom stereocenters. The van der Waals surface area contributed by atoms with Crippen LogP contribution in [0.3, 0.4) is 0 Å². The third kappa shape index (κ3) is 4.94. The second kappa shape index (κ2) is 9.79. The molecule has 35 heavy (non-hydrogen) atoms. The number of ether oxygens (including phenoxy) is 1. The Bertz CT molecular complexity index is 1340. The van der Waals surface area contributed by atoms with Gasteiger partial charge in [-0.3, -0.25) is 9.78 Å². The van der Waals surface area contributed by atoms with Gasteiger partial charge in [0.25, 0.3) is 5.91 Å². The van der Waals surface area contributed by atoms with E-state index in [-0.39, 0.29) is 5.41 Å². The van der Waals surface area contributed by atoms with Crippen LogP contribution >= 0.6 is 11.3 Å². The Balaban J connectivity index is 1.49. The van der Waals surface area contributed by atoms with Crippen molar-refractivity contribution in [3.05, 3.63) is 57.1 Å². The average molecular weight is 490 g/mol. The SMILES string of the molecule is CCc1nc2ccccc2c(C(=O)OCC(=O)Nc2sc3c(c2C#N)CCC(C(C)(C)C)C3)c1C. The fourth-order valence-electron chi connectivity index (χ4n) is 4.86. The summed E-state index contributed by atoms with van der Waals surface area (Å²) in [6.07, 6.45) is 3.48. The molecule has 0 saturated carbocycles. The number of rotatable bonds is 5. The van der Waals surface area contributed by atoms with Crippen LogP contribution in [0.2, 0.25) is 0 Å². The van der Waals surface area contributed by atoms with Crippen LogP contribution in [0.15, 0.2) is 24.3 Å². The van der Waals surface area contributed by atoms with E-state index in [1.54, 1.807) is 0 Å². The Labute approximate surface area is 210 Å². The monoisotopic (exact) mass is 489 g/mol. The lowest BCUT2D eigenvalue weighted by Gasteiger charge is -2.33. The number of hydrogen-bond acceptors (Lipinski definition) is 6. The highest BCUT2D eigenvalue weighted by atomic mass is 32.1. The van der Waals surface area contributed by atoms with Crippen molar-refractivity contribution in [2.24, 2.45) is 11.3 Å². The molecule has 0 spiro atoms. The van der Waals surface area contributed by atoms with Gasteiger partial charge < -0.3 is 10.1 Å². The Morgan fingerprint density at radius 3 is 2.71 bits per heavy atom. The van der Waals surface area contributed by atoms with Crippen molar-refractivity contribution in [1.82, 2.24) is 4.98 Å². The molecule has 7 heteroatoms. The molecule has 0 fully saturated rings. The van der Waals surface area contributed by atoms with E-state index >= 15 is 0 Å². The van der Waals surface area contributed by atoms with E-state index in [0.29, 0.717) is 33.9 Å². The summed E-state index contributed by atoms with van der Waals surface area (Å²) in [5.41, 5.74) is 4.55. The molecule has 1 N–H and O–H groups in total. The molecule has 1 aliphatic carbocycles. The number of fused-ring (bicyclic) bond motifs is 2. The fraction of sp³-hybridized carbons (Fsp3) is 0.429.